The third-order valence-electron chi connectivity index (χ3n) is 3.63. The number of rotatable bonds is 4. The van der Waals surface area contributed by atoms with E-state index in [1.165, 1.54) is 6.07 Å². The highest BCUT2D eigenvalue weighted by Crippen LogP contribution is 2.34. The largest absolute Gasteiger partial charge is 0.325 e. The number of aromatic nitrogens is 1. The SMILES string of the molecule is C[C@@H]1CSc2ccc(S(=O)(=O)NCc3ccccn3)cc2NC1=O. The minimum Gasteiger partial charge on any atom is -0.325 e. The van der Waals surface area contributed by atoms with Gasteiger partial charge in [-0.2, -0.15) is 0 Å². The second-order valence-electron chi connectivity index (χ2n) is 5.50. The van der Waals surface area contributed by atoms with Gasteiger partial charge in [-0.05, 0) is 30.3 Å². The van der Waals surface area contributed by atoms with Gasteiger partial charge < -0.3 is 5.32 Å². The van der Waals surface area contributed by atoms with Crippen molar-refractivity contribution in [3.8, 4) is 0 Å². The van der Waals surface area contributed by atoms with Crippen LogP contribution >= 0.6 is 11.8 Å². The molecule has 0 saturated heterocycles. The molecular weight excluding hydrogens is 346 g/mol. The van der Waals surface area contributed by atoms with Crippen molar-refractivity contribution in [2.45, 2.75) is 23.3 Å². The Kier molecular flexibility index (Phi) is 4.88. The highest BCUT2D eigenvalue weighted by atomic mass is 32.2. The Balaban J connectivity index is 1.81. The number of pyridine rings is 1. The fourth-order valence-electron chi connectivity index (χ4n) is 2.20. The summed E-state index contributed by atoms with van der Waals surface area (Å²) in [4.78, 5) is 17.0. The van der Waals surface area contributed by atoms with Gasteiger partial charge >= 0.3 is 0 Å². The van der Waals surface area contributed by atoms with Crippen LogP contribution in [0.3, 0.4) is 0 Å². The molecule has 24 heavy (non-hydrogen) atoms. The average Bonchev–Trinajstić information content (AvgIpc) is 2.72. The van der Waals surface area contributed by atoms with Gasteiger partial charge in [-0.3, -0.25) is 9.78 Å². The number of hydrogen-bond donors (Lipinski definition) is 2. The van der Waals surface area contributed by atoms with E-state index >= 15 is 0 Å². The van der Waals surface area contributed by atoms with Crippen LogP contribution in [0.2, 0.25) is 0 Å². The number of amides is 1. The molecule has 2 N–H and O–H groups in total. The molecule has 0 saturated carbocycles. The van der Waals surface area contributed by atoms with Gasteiger partial charge in [-0.25, -0.2) is 13.1 Å². The van der Waals surface area contributed by atoms with Gasteiger partial charge in [-0.15, -0.1) is 11.8 Å². The van der Waals surface area contributed by atoms with Crippen molar-refractivity contribution < 1.29 is 13.2 Å². The molecule has 1 atom stereocenters. The van der Waals surface area contributed by atoms with E-state index < -0.39 is 10.0 Å². The number of carbonyl (C=O) groups is 1. The second-order valence-corrected chi connectivity index (χ2v) is 8.33. The highest BCUT2D eigenvalue weighted by Gasteiger charge is 2.22. The molecule has 1 aliphatic rings. The maximum absolute atomic E-state index is 12.5. The minimum atomic E-state index is -3.69. The van der Waals surface area contributed by atoms with E-state index in [0.717, 1.165) is 4.90 Å². The van der Waals surface area contributed by atoms with Crippen molar-refractivity contribution in [3.63, 3.8) is 0 Å². The lowest BCUT2D eigenvalue weighted by molar-refractivity contribution is -0.118. The zero-order chi connectivity index (χ0) is 17.2. The van der Waals surface area contributed by atoms with Crippen molar-refractivity contribution in [2.24, 2.45) is 5.92 Å². The van der Waals surface area contributed by atoms with Crippen LogP contribution in [-0.4, -0.2) is 25.1 Å². The van der Waals surface area contributed by atoms with E-state index in [1.807, 2.05) is 6.92 Å². The average molecular weight is 363 g/mol. The normalized spacial score (nSPS) is 17.7. The lowest BCUT2D eigenvalue weighted by Crippen LogP contribution is -2.24. The van der Waals surface area contributed by atoms with Crippen LogP contribution in [0.5, 0.6) is 0 Å². The lowest BCUT2D eigenvalue weighted by atomic mass is 10.2. The molecular formula is C16H17N3O3S2. The third kappa shape index (κ3) is 3.77. The number of benzene rings is 1. The number of hydrogen-bond acceptors (Lipinski definition) is 5. The molecule has 6 nitrogen and oxygen atoms in total. The summed E-state index contributed by atoms with van der Waals surface area (Å²) in [7, 11) is -3.69. The fourth-order valence-corrected chi connectivity index (χ4v) is 4.24. The molecule has 8 heteroatoms. The van der Waals surface area contributed by atoms with E-state index in [0.29, 0.717) is 17.1 Å². The van der Waals surface area contributed by atoms with Crippen LogP contribution in [0.1, 0.15) is 12.6 Å². The number of nitrogens with one attached hydrogen (secondary N) is 2. The molecule has 2 heterocycles. The molecule has 2 aromatic rings. The van der Waals surface area contributed by atoms with Crippen LogP contribution in [0.4, 0.5) is 5.69 Å². The number of sulfonamides is 1. The van der Waals surface area contributed by atoms with E-state index in [-0.39, 0.29) is 23.3 Å². The van der Waals surface area contributed by atoms with Crippen LogP contribution in [0, 0.1) is 5.92 Å². The van der Waals surface area contributed by atoms with Crippen molar-refractivity contribution >= 4 is 33.4 Å². The monoisotopic (exact) mass is 363 g/mol. The van der Waals surface area contributed by atoms with Crippen LogP contribution in [0.15, 0.2) is 52.4 Å². The fraction of sp³-hybridized carbons (Fsp3) is 0.250. The number of nitrogens with zero attached hydrogens (tertiary/aromatic N) is 1. The number of fused-ring (bicyclic) bond motifs is 1. The summed E-state index contributed by atoms with van der Waals surface area (Å²) in [5.41, 5.74) is 1.17. The molecule has 0 spiro atoms. The standard InChI is InChI=1S/C16H17N3O3S2/c1-11-10-23-15-6-5-13(8-14(15)19-16(11)20)24(21,22)18-9-12-4-2-3-7-17-12/h2-8,11,18H,9-10H2,1H3,(H,19,20)/t11-/m1/s1. The maximum atomic E-state index is 12.5. The number of carbonyl (C=O) groups excluding carboxylic acids is 1. The number of anilines is 1. The van der Waals surface area contributed by atoms with Crippen molar-refractivity contribution in [1.82, 2.24) is 9.71 Å². The Labute approximate surface area is 145 Å². The van der Waals surface area contributed by atoms with Crippen LogP contribution < -0.4 is 10.0 Å². The summed E-state index contributed by atoms with van der Waals surface area (Å²) in [5, 5.41) is 2.79. The molecule has 0 fully saturated rings. The van der Waals surface area contributed by atoms with Gasteiger partial charge in [-0.1, -0.05) is 13.0 Å². The molecule has 126 valence electrons. The molecule has 0 radical (unpaired) electrons. The smallest absolute Gasteiger partial charge is 0.240 e. The molecule has 0 unspecified atom stereocenters. The highest BCUT2D eigenvalue weighted by molar-refractivity contribution is 7.99. The molecule has 1 aromatic heterocycles. The van der Waals surface area contributed by atoms with Gasteiger partial charge in [0.15, 0.2) is 0 Å². The van der Waals surface area contributed by atoms with Gasteiger partial charge in [0.25, 0.3) is 0 Å². The first-order chi connectivity index (χ1) is 11.5. The molecule has 0 bridgehead atoms. The van der Waals surface area contributed by atoms with Gasteiger partial charge in [0.05, 0.1) is 22.8 Å². The molecule has 3 rings (SSSR count). The first kappa shape index (κ1) is 16.9. The van der Waals surface area contributed by atoms with Crippen molar-refractivity contribution in [3.05, 3.63) is 48.3 Å². The quantitative estimate of drug-likeness (QED) is 0.870. The Morgan fingerprint density at radius 2 is 2.17 bits per heavy atom. The summed E-state index contributed by atoms with van der Waals surface area (Å²) in [6, 6.07) is 10.1. The minimum absolute atomic E-state index is 0.0998. The summed E-state index contributed by atoms with van der Waals surface area (Å²) in [6.45, 7) is 1.96. The van der Waals surface area contributed by atoms with Crippen molar-refractivity contribution in [2.75, 3.05) is 11.1 Å². The predicted molar refractivity (Wildman–Crippen MR) is 93.2 cm³/mol. The Morgan fingerprint density at radius 1 is 1.33 bits per heavy atom. The second kappa shape index (κ2) is 6.92. The third-order valence-corrected chi connectivity index (χ3v) is 6.36. The van der Waals surface area contributed by atoms with Crippen LogP contribution in [0.25, 0.3) is 0 Å². The zero-order valence-electron chi connectivity index (χ0n) is 13.0. The van der Waals surface area contributed by atoms with E-state index in [1.54, 1.807) is 48.3 Å². The Morgan fingerprint density at radius 3 is 2.92 bits per heavy atom. The molecule has 1 amide bonds. The first-order valence-electron chi connectivity index (χ1n) is 7.43. The predicted octanol–water partition coefficient (Wildman–Crippen LogP) is 2.24. The summed E-state index contributed by atoms with van der Waals surface area (Å²) in [6.07, 6.45) is 1.61. The summed E-state index contributed by atoms with van der Waals surface area (Å²) >= 11 is 1.54. The first-order valence-corrected chi connectivity index (χ1v) is 9.90. The lowest BCUT2D eigenvalue weighted by Gasteiger charge is -2.11. The molecule has 1 aliphatic heterocycles. The Hall–Kier alpha value is -1.90. The van der Waals surface area contributed by atoms with Gasteiger partial charge in [0.2, 0.25) is 15.9 Å². The van der Waals surface area contributed by atoms with Crippen molar-refractivity contribution in [1.29, 1.82) is 0 Å². The van der Waals surface area contributed by atoms with E-state index in [2.05, 4.69) is 15.0 Å². The molecule has 1 aromatic carbocycles. The molecule has 0 aliphatic carbocycles. The summed E-state index contributed by atoms with van der Waals surface area (Å²) < 4.78 is 27.5. The summed E-state index contributed by atoms with van der Waals surface area (Å²) in [5.74, 6) is 0.449. The topological polar surface area (TPSA) is 88.2 Å². The van der Waals surface area contributed by atoms with Gasteiger partial charge in [0, 0.05) is 22.8 Å². The maximum Gasteiger partial charge on any atom is 0.240 e. The number of thioether (sulfide) groups is 1. The van der Waals surface area contributed by atoms with E-state index in [9.17, 15) is 13.2 Å². The van der Waals surface area contributed by atoms with Gasteiger partial charge in [0.1, 0.15) is 0 Å². The van der Waals surface area contributed by atoms with Crippen LogP contribution in [-0.2, 0) is 21.4 Å². The zero-order valence-corrected chi connectivity index (χ0v) is 14.7. The van der Waals surface area contributed by atoms with E-state index in [4.69, 9.17) is 0 Å². The Bertz CT molecular complexity index is 854.